The Hall–Kier alpha value is -3.43. The summed E-state index contributed by atoms with van der Waals surface area (Å²) in [6, 6.07) is 23.5. The van der Waals surface area contributed by atoms with Crippen molar-refractivity contribution in [3.63, 3.8) is 0 Å². The molecule has 0 bridgehead atoms. The minimum Gasteiger partial charge on any atom is -0.496 e. The Bertz CT molecular complexity index is 1310. The summed E-state index contributed by atoms with van der Waals surface area (Å²) in [6.45, 7) is 2.04. The van der Waals surface area contributed by atoms with Gasteiger partial charge in [0.25, 0.3) is 5.91 Å². The van der Waals surface area contributed by atoms with Crippen LogP contribution in [0, 0.1) is 6.92 Å². The Morgan fingerprint density at radius 2 is 1.88 bits per heavy atom. The van der Waals surface area contributed by atoms with Gasteiger partial charge in [0.05, 0.1) is 23.5 Å². The molecule has 0 saturated heterocycles. The summed E-state index contributed by atoms with van der Waals surface area (Å²) in [6.07, 6.45) is 1.58. The summed E-state index contributed by atoms with van der Waals surface area (Å²) in [5, 5.41) is 13.4. The van der Waals surface area contributed by atoms with Crippen LogP contribution >= 0.6 is 27.7 Å². The molecule has 0 aliphatic heterocycles. The average Bonchev–Trinajstić information content (AvgIpc) is 3.28. The van der Waals surface area contributed by atoms with Crippen molar-refractivity contribution >= 4 is 39.8 Å². The average molecular weight is 536 g/mol. The number of nitrogens with zero attached hydrogens (tertiary/aromatic N) is 4. The molecule has 7 nitrogen and oxygen atoms in total. The van der Waals surface area contributed by atoms with Crippen LogP contribution in [0.2, 0.25) is 0 Å². The molecule has 172 valence electrons. The molecule has 1 N–H and O–H groups in total. The maximum Gasteiger partial charge on any atom is 0.250 e. The number of hydrogen-bond acceptors (Lipinski definition) is 6. The van der Waals surface area contributed by atoms with E-state index in [9.17, 15) is 4.79 Å². The van der Waals surface area contributed by atoms with Crippen LogP contribution in [0.3, 0.4) is 0 Å². The van der Waals surface area contributed by atoms with E-state index in [1.54, 1.807) is 13.3 Å². The number of nitrogens with one attached hydrogen (secondary N) is 1. The monoisotopic (exact) mass is 535 g/mol. The zero-order chi connectivity index (χ0) is 23.9. The number of halogens is 1. The van der Waals surface area contributed by atoms with Gasteiger partial charge in [-0.3, -0.25) is 9.36 Å². The molecule has 0 saturated carbocycles. The van der Waals surface area contributed by atoms with E-state index < -0.39 is 0 Å². The Kier molecular flexibility index (Phi) is 7.76. The van der Waals surface area contributed by atoms with Crippen LogP contribution in [-0.4, -0.2) is 39.7 Å². The summed E-state index contributed by atoms with van der Waals surface area (Å²) >= 11 is 4.74. The molecular weight excluding hydrogens is 514 g/mol. The van der Waals surface area contributed by atoms with Crippen LogP contribution in [0.1, 0.15) is 11.1 Å². The Morgan fingerprint density at radius 1 is 1.12 bits per heavy atom. The van der Waals surface area contributed by atoms with Crippen molar-refractivity contribution in [2.24, 2.45) is 5.10 Å². The number of carbonyl (C=O) groups is 1. The van der Waals surface area contributed by atoms with Gasteiger partial charge in [-0.1, -0.05) is 59.8 Å². The third kappa shape index (κ3) is 5.73. The third-order valence-corrected chi connectivity index (χ3v) is 6.42. The van der Waals surface area contributed by atoms with E-state index in [4.69, 9.17) is 4.74 Å². The number of ether oxygens (including phenoxy) is 1. The zero-order valence-corrected chi connectivity index (χ0v) is 21.0. The quantitative estimate of drug-likeness (QED) is 0.189. The van der Waals surface area contributed by atoms with Crippen molar-refractivity contribution in [2.45, 2.75) is 12.1 Å². The molecule has 3 aromatic carbocycles. The van der Waals surface area contributed by atoms with Crippen molar-refractivity contribution in [3.8, 4) is 22.8 Å². The fourth-order valence-corrected chi connectivity index (χ4v) is 4.47. The maximum absolute atomic E-state index is 12.4. The molecule has 0 atom stereocenters. The second-order valence-electron chi connectivity index (χ2n) is 7.32. The van der Waals surface area contributed by atoms with Gasteiger partial charge in [-0.25, -0.2) is 5.43 Å². The molecule has 1 heterocycles. The number of methoxy groups -OCH3 is 1. The SMILES string of the molecule is COc1ccc(/C=N\NC(=O)CSc2nnc(-c3ccc(C)cc3)n2-c2ccccc2)cc1Br. The van der Waals surface area contributed by atoms with Gasteiger partial charge < -0.3 is 4.74 Å². The van der Waals surface area contributed by atoms with Gasteiger partial charge in [-0.05, 0) is 58.7 Å². The summed E-state index contributed by atoms with van der Waals surface area (Å²) in [5.41, 5.74) is 6.43. The number of aryl methyl sites for hydroxylation is 1. The number of hydrazone groups is 1. The number of para-hydroxylation sites is 1. The van der Waals surface area contributed by atoms with Crippen LogP contribution in [0.25, 0.3) is 17.1 Å². The lowest BCUT2D eigenvalue weighted by Crippen LogP contribution is -2.20. The first-order valence-electron chi connectivity index (χ1n) is 10.4. The normalized spacial score (nSPS) is 11.0. The molecule has 0 radical (unpaired) electrons. The highest BCUT2D eigenvalue weighted by atomic mass is 79.9. The first-order valence-corrected chi connectivity index (χ1v) is 12.2. The number of thioether (sulfide) groups is 1. The van der Waals surface area contributed by atoms with Gasteiger partial charge in [0.1, 0.15) is 5.75 Å². The third-order valence-electron chi connectivity index (χ3n) is 4.87. The smallest absolute Gasteiger partial charge is 0.250 e. The van der Waals surface area contributed by atoms with Crippen molar-refractivity contribution < 1.29 is 9.53 Å². The highest BCUT2D eigenvalue weighted by molar-refractivity contribution is 9.10. The number of carbonyl (C=O) groups excluding carboxylic acids is 1. The minimum absolute atomic E-state index is 0.141. The molecule has 0 unspecified atom stereocenters. The summed E-state index contributed by atoms with van der Waals surface area (Å²) in [7, 11) is 1.61. The van der Waals surface area contributed by atoms with Crippen LogP contribution in [-0.2, 0) is 4.79 Å². The van der Waals surface area contributed by atoms with Gasteiger partial charge in [0.2, 0.25) is 0 Å². The lowest BCUT2D eigenvalue weighted by atomic mass is 10.1. The van der Waals surface area contributed by atoms with Crippen molar-refractivity contribution in [2.75, 3.05) is 12.9 Å². The lowest BCUT2D eigenvalue weighted by Gasteiger charge is -2.10. The zero-order valence-electron chi connectivity index (χ0n) is 18.6. The number of hydrogen-bond donors (Lipinski definition) is 1. The predicted molar refractivity (Wildman–Crippen MR) is 139 cm³/mol. The van der Waals surface area contributed by atoms with E-state index in [1.807, 2.05) is 84.3 Å². The second-order valence-corrected chi connectivity index (χ2v) is 9.12. The van der Waals surface area contributed by atoms with E-state index in [0.29, 0.717) is 5.16 Å². The first-order chi connectivity index (χ1) is 16.5. The molecule has 0 aliphatic carbocycles. The Labute approximate surface area is 210 Å². The van der Waals surface area contributed by atoms with Crippen LogP contribution in [0.5, 0.6) is 5.75 Å². The molecule has 4 rings (SSSR count). The van der Waals surface area contributed by atoms with E-state index in [0.717, 1.165) is 32.9 Å². The van der Waals surface area contributed by atoms with E-state index in [1.165, 1.54) is 17.3 Å². The number of aromatic nitrogens is 3. The number of rotatable bonds is 8. The van der Waals surface area contributed by atoms with E-state index in [2.05, 4.69) is 36.7 Å². The highest BCUT2D eigenvalue weighted by Gasteiger charge is 2.17. The highest BCUT2D eigenvalue weighted by Crippen LogP contribution is 2.28. The molecular formula is C25H22BrN5O2S. The molecule has 4 aromatic rings. The molecule has 0 fully saturated rings. The van der Waals surface area contributed by atoms with E-state index in [-0.39, 0.29) is 11.7 Å². The van der Waals surface area contributed by atoms with Gasteiger partial charge in [-0.15, -0.1) is 10.2 Å². The molecule has 1 aromatic heterocycles. The van der Waals surface area contributed by atoms with Crippen molar-refractivity contribution in [1.82, 2.24) is 20.2 Å². The van der Waals surface area contributed by atoms with Crippen molar-refractivity contribution in [3.05, 3.63) is 88.4 Å². The summed E-state index contributed by atoms with van der Waals surface area (Å²) < 4.78 is 7.99. The molecule has 0 aliphatic rings. The first kappa shape index (κ1) is 23.7. The summed E-state index contributed by atoms with van der Waals surface area (Å²) in [5.74, 6) is 1.35. The molecule has 9 heteroatoms. The molecule has 1 amide bonds. The Balaban J connectivity index is 1.47. The van der Waals surface area contributed by atoms with Gasteiger partial charge in [0.15, 0.2) is 11.0 Å². The van der Waals surface area contributed by atoms with Gasteiger partial charge in [-0.2, -0.15) is 5.10 Å². The standard InChI is InChI=1S/C25H22BrN5O2S/c1-17-8-11-19(12-9-17)24-29-30-25(31(24)20-6-4-3-5-7-20)34-16-23(32)28-27-15-18-10-13-22(33-2)21(26)14-18/h3-15H,16H2,1-2H3,(H,28,32)/b27-15-. The van der Waals surface area contributed by atoms with Crippen molar-refractivity contribution in [1.29, 1.82) is 0 Å². The second kappa shape index (κ2) is 11.1. The van der Waals surface area contributed by atoms with Gasteiger partial charge >= 0.3 is 0 Å². The predicted octanol–water partition coefficient (Wildman–Crippen LogP) is 5.26. The maximum atomic E-state index is 12.4. The number of benzene rings is 3. The topological polar surface area (TPSA) is 81.4 Å². The number of amides is 1. The largest absolute Gasteiger partial charge is 0.496 e. The Morgan fingerprint density at radius 3 is 2.59 bits per heavy atom. The lowest BCUT2D eigenvalue weighted by molar-refractivity contribution is -0.118. The van der Waals surface area contributed by atoms with Crippen LogP contribution < -0.4 is 10.2 Å². The van der Waals surface area contributed by atoms with Crippen LogP contribution in [0.4, 0.5) is 0 Å². The molecule has 0 spiro atoms. The summed E-state index contributed by atoms with van der Waals surface area (Å²) in [4.78, 5) is 12.4. The van der Waals surface area contributed by atoms with Gasteiger partial charge in [0, 0.05) is 11.3 Å². The van der Waals surface area contributed by atoms with Crippen LogP contribution in [0.15, 0.2) is 87.5 Å². The minimum atomic E-state index is -0.242. The fraction of sp³-hybridized carbons (Fsp3) is 0.120. The fourth-order valence-electron chi connectivity index (χ4n) is 3.17. The molecule has 34 heavy (non-hydrogen) atoms. The van der Waals surface area contributed by atoms with E-state index >= 15 is 0 Å².